The van der Waals surface area contributed by atoms with Crippen molar-refractivity contribution >= 4 is 11.7 Å². The molecule has 0 atom stereocenters. The molecule has 0 amide bonds. The summed E-state index contributed by atoms with van der Waals surface area (Å²) in [5.74, 6) is -2.17. The number of halogens is 2. The van der Waals surface area contributed by atoms with Crippen LogP contribution < -0.4 is 5.73 Å². The van der Waals surface area contributed by atoms with Crippen molar-refractivity contribution in [1.29, 1.82) is 0 Å². The Balaban J connectivity index is 2.13. The van der Waals surface area contributed by atoms with Crippen LogP contribution in [0.4, 0.5) is 14.5 Å². The highest BCUT2D eigenvalue weighted by Gasteiger charge is 2.17. The fourth-order valence-electron chi connectivity index (χ4n) is 1.59. The Morgan fingerprint density at radius 2 is 1.74 bits per heavy atom. The zero-order chi connectivity index (χ0) is 13.8. The van der Waals surface area contributed by atoms with E-state index in [9.17, 15) is 13.6 Å². The quantitative estimate of drug-likeness (QED) is 0.684. The number of anilines is 1. The van der Waals surface area contributed by atoms with Gasteiger partial charge in [0.15, 0.2) is 0 Å². The lowest BCUT2D eigenvalue weighted by Gasteiger charge is -2.08. The number of benzene rings is 2. The van der Waals surface area contributed by atoms with Gasteiger partial charge in [0.1, 0.15) is 23.8 Å². The maximum Gasteiger partial charge on any atom is 0.343 e. The SMILES string of the molecule is Nc1cccc(F)c1C(=O)OCc1ccccc1F. The van der Waals surface area contributed by atoms with E-state index in [4.69, 9.17) is 10.5 Å². The first-order chi connectivity index (χ1) is 9.09. The van der Waals surface area contributed by atoms with E-state index in [-0.39, 0.29) is 23.4 Å². The molecule has 0 aromatic heterocycles. The molecule has 98 valence electrons. The van der Waals surface area contributed by atoms with Crippen molar-refractivity contribution in [1.82, 2.24) is 0 Å². The summed E-state index contributed by atoms with van der Waals surface area (Å²) in [7, 11) is 0. The molecule has 0 saturated carbocycles. The number of carbonyl (C=O) groups is 1. The first-order valence-electron chi connectivity index (χ1n) is 5.54. The lowest BCUT2D eigenvalue weighted by molar-refractivity contribution is 0.0465. The van der Waals surface area contributed by atoms with Crippen molar-refractivity contribution in [3.63, 3.8) is 0 Å². The van der Waals surface area contributed by atoms with Crippen molar-refractivity contribution in [2.24, 2.45) is 0 Å². The largest absolute Gasteiger partial charge is 0.457 e. The van der Waals surface area contributed by atoms with Gasteiger partial charge in [-0.25, -0.2) is 13.6 Å². The number of esters is 1. The predicted molar refractivity (Wildman–Crippen MR) is 66.3 cm³/mol. The number of nitrogen functional groups attached to an aromatic ring is 1. The summed E-state index contributed by atoms with van der Waals surface area (Å²) in [6.45, 7) is -0.278. The Morgan fingerprint density at radius 3 is 2.42 bits per heavy atom. The molecule has 2 N–H and O–H groups in total. The van der Waals surface area contributed by atoms with Gasteiger partial charge >= 0.3 is 5.97 Å². The Bertz CT molecular complexity index is 594. The maximum atomic E-state index is 13.5. The van der Waals surface area contributed by atoms with Gasteiger partial charge in [0.25, 0.3) is 0 Å². The van der Waals surface area contributed by atoms with Crippen LogP contribution in [-0.4, -0.2) is 5.97 Å². The average Bonchev–Trinajstić information content (AvgIpc) is 2.37. The molecule has 2 aromatic carbocycles. The van der Waals surface area contributed by atoms with Crippen LogP contribution in [0, 0.1) is 11.6 Å². The van der Waals surface area contributed by atoms with Gasteiger partial charge in [0, 0.05) is 11.3 Å². The lowest BCUT2D eigenvalue weighted by Crippen LogP contribution is -2.11. The third-order valence-corrected chi connectivity index (χ3v) is 2.57. The van der Waals surface area contributed by atoms with Gasteiger partial charge in [-0.1, -0.05) is 24.3 Å². The normalized spacial score (nSPS) is 10.2. The van der Waals surface area contributed by atoms with E-state index < -0.39 is 17.6 Å². The fraction of sp³-hybridized carbons (Fsp3) is 0.0714. The molecule has 3 nitrogen and oxygen atoms in total. The first kappa shape index (κ1) is 13.0. The van der Waals surface area contributed by atoms with Gasteiger partial charge in [-0.3, -0.25) is 0 Å². The third-order valence-electron chi connectivity index (χ3n) is 2.57. The van der Waals surface area contributed by atoms with E-state index >= 15 is 0 Å². The van der Waals surface area contributed by atoms with Gasteiger partial charge in [0.2, 0.25) is 0 Å². The number of rotatable bonds is 3. The minimum atomic E-state index is -0.918. The average molecular weight is 263 g/mol. The molecule has 0 aliphatic heterocycles. The van der Waals surface area contributed by atoms with Crippen molar-refractivity contribution in [3.05, 3.63) is 65.2 Å². The summed E-state index contributed by atoms with van der Waals surface area (Å²) in [6, 6.07) is 9.75. The highest BCUT2D eigenvalue weighted by Crippen LogP contribution is 2.18. The molecule has 0 aliphatic carbocycles. The molecular weight excluding hydrogens is 252 g/mol. The van der Waals surface area contributed by atoms with E-state index in [0.29, 0.717) is 0 Å². The number of carbonyl (C=O) groups excluding carboxylic acids is 1. The van der Waals surface area contributed by atoms with E-state index in [0.717, 1.165) is 6.07 Å². The zero-order valence-electron chi connectivity index (χ0n) is 9.90. The van der Waals surface area contributed by atoms with Crippen LogP contribution in [0.3, 0.4) is 0 Å². The Hall–Kier alpha value is -2.43. The topological polar surface area (TPSA) is 52.3 Å². The van der Waals surface area contributed by atoms with Crippen LogP contribution in [0.15, 0.2) is 42.5 Å². The second-order valence-corrected chi connectivity index (χ2v) is 3.87. The molecule has 2 rings (SSSR count). The van der Waals surface area contributed by atoms with Crippen molar-refractivity contribution in [2.45, 2.75) is 6.61 Å². The summed E-state index contributed by atoms with van der Waals surface area (Å²) < 4.78 is 31.6. The molecule has 19 heavy (non-hydrogen) atoms. The maximum absolute atomic E-state index is 13.5. The summed E-state index contributed by atoms with van der Waals surface area (Å²) in [5, 5.41) is 0. The zero-order valence-corrected chi connectivity index (χ0v) is 9.90. The summed E-state index contributed by atoms with van der Waals surface area (Å²) in [4.78, 5) is 11.7. The molecule has 0 unspecified atom stereocenters. The summed E-state index contributed by atoms with van der Waals surface area (Å²) >= 11 is 0. The minimum Gasteiger partial charge on any atom is -0.457 e. The molecule has 0 fully saturated rings. The van der Waals surface area contributed by atoms with E-state index in [1.165, 1.54) is 30.3 Å². The first-order valence-corrected chi connectivity index (χ1v) is 5.54. The second kappa shape index (κ2) is 5.48. The van der Waals surface area contributed by atoms with E-state index in [1.807, 2.05) is 0 Å². The van der Waals surface area contributed by atoms with Crippen molar-refractivity contribution in [2.75, 3.05) is 5.73 Å². The van der Waals surface area contributed by atoms with Gasteiger partial charge < -0.3 is 10.5 Å². The second-order valence-electron chi connectivity index (χ2n) is 3.87. The van der Waals surface area contributed by atoms with Crippen LogP contribution in [0.25, 0.3) is 0 Å². The summed E-state index contributed by atoms with van der Waals surface area (Å²) in [6.07, 6.45) is 0. The summed E-state index contributed by atoms with van der Waals surface area (Å²) in [5.41, 5.74) is 5.37. The number of hydrogen-bond donors (Lipinski definition) is 1. The molecule has 2 aromatic rings. The van der Waals surface area contributed by atoms with Crippen LogP contribution in [0.2, 0.25) is 0 Å². The molecule has 5 heteroatoms. The van der Waals surface area contributed by atoms with Crippen molar-refractivity contribution in [3.8, 4) is 0 Å². The number of nitrogens with two attached hydrogens (primary N) is 1. The van der Waals surface area contributed by atoms with Crippen LogP contribution in [0.5, 0.6) is 0 Å². The lowest BCUT2D eigenvalue weighted by atomic mass is 10.1. The van der Waals surface area contributed by atoms with Gasteiger partial charge in [-0.15, -0.1) is 0 Å². The molecule has 0 spiro atoms. The van der Waals surface area contributed by atoms with Crippen LogP contribution in [-0.2, 0) is 11.3 Å². The standard InChI is InChI=1S/C14H11F2NO2/c15-10-5-2-1-4-9(10)8-19-14(18)13-11(16)6-3-7-12(13)17/h1-7H,8,17H2. The minimum absolute atomic E-state index is 0.0152. The molecule has 0 heterocycles. The van der Waals surface area contributed by atoms with E-state index in [2.05, 4.69) is 0 Å². The Labute approximate surface area is 108 Å². The molecule has 0 saturated heterocycles. The Morgan fingerprint density at radius 1 is 1.05 bits per heavy atom. The highest BCUT2D eigenvalue weighted by molar-refractivity contribution is 5.95. The Kier molecular flexibility index (Phi) is 3.75. The molecule has 0 aliphatic rings. The van der Waals surface area contributed by atoms with E-state index in [1.54, 1.807) is 6.07 Å². The number of hydrogen-bond acceptors (Lipinski definition) is 3. The van der Waals surface area contributed by atoms with Crippen molar-refractivity contribution < 1.29 is 18.3 Å². The predicted octanol–water partition coefficient (Wildman–Crippen LogP) is 2.90. The number of ether oxygens (including phenoxy) is 1. The fourth-order valence-corrected chi connectivity index (χ4v) is 1.59. The molecule has 0 radical (unpaired) electrons. The van der Waals surface area contributed by atoms with Gasteiger partial charge in [0.05, 0.1) is 0 Å². The van der Waals surface area contributed by atoms with Crippen LogP contribution >= 0.6 is 0 Å². The van der Waals surface area contributed by atoms with Gasteiger partial charge in [-0.05, 0) is 18.2 Å². The molecular formula is C14H11F2NO2. The van der Waals surface area contributed by atoms with Crippen LogP contribution in [0.1, 0.15) is 15.9 Å². The monoisotopic (exact) mass is 263 g/mol. The smallest absolute Gasteiger partial charge is 0.343 e. The third kappa shape index (κ3) is 2.88. The highest BCUT2D eigenvalue weighted by atomic mass is 19.1. The van der Waals surface area contributed by atoms with Gasteiger partial charge in [-0.2, -0.15) is 0 Å². The molecule has 0 bridgehead atoms.